The number of amides is 1. The smallest absolute Gasteiger partial charge is 0.223 e. The van der Waals surface area contributed by atoms with Gasteiger partial charge in [0.15, 0.2) is 0 Å². The van der Waals surface area contributed by atoms with E-state index in [-0.39, 0.29) is 12.0 Å². The molecule has 7 heteroatoms. The number of morpholine rings is 1. The minimum absolute atomic E-state index is 0.0723. The van der Waals surface area contributed by atoms with E-state index in [4.69, 9.17) is 4.74 Å². The molecule has 1 saturated heterocycles. The largest absolute Gasteiger partial charge is 0.375 e. The lowest BCUT2D eigenvalue weighted by Gasteiger charge is -2.33. The fourth-order valence-corrected chi connectivity index (χ4v) is 3.27. The van der Waals surface area contributed by atoms with Crippen LogP contribution < -0.4 is 0 Å². The van der Waals surface area contributed by atoms with Crippen molar-refractivity contribution in [1.29, 1.82) is 0 Å². The summed E-state index contributed by atoms with van der Waals surface area (Å²) in [5, 5.41) is 4.24. The summed E-state index contributed by atoms with van der Waals surface area (Å²) >= 11 is 0. The molecule has 2 aromatic heterocycles. The van der Waals surface area contributed by atoms with Crippen LogP contribution in [0.15, 0.2) is 18.6 Å². The van der Waals surface area contributed by atoms with E-state index in [1.54, 1.807) is 6.33 Å². The first kappa shape index (κ1) is 18.5. The summed E-state index contributed by atoms with van der Waals surface area (Å²) < 4.78 is 7.69. The maximum absolute atomic E-state index is 12.6. The van der Waals surface area contributed by atoms with E-state index in [9.17, 15) is 4.79 Å². The van der Waals surface area contributed by atoms with Gasteiger partial charge in [-0.1, -0.05) is 0 Å². The number of rotatable bonds is 6. The number of nitrogens with zero attached hydrogens (tertiary/aromatic N) is 5. The summed E-state index contributed by atoms with van der Waals surface area (Å²) in [5.41, 5.74) is 4.27. The Balaban J connectivity index is 1.48. The fraction of sp³-hybridized carbons (Fsp3) is 0.579. The van der Waals surface area contributed by atoms with Crippen LogP contribution in [0.3, 0.4) is 0 Å². The van der Waals surface area contributed by atoms with E-state index in [2.05, 4.69) is 15.1 Å². The van der Waals surface area contributed by atoms with Crippen LogP contribution in [0.4, 0.5) is 0 Å². The minimum atomic E-state index is 0.0723. The van der Waals surface area contributed by atoms with Crippen molar-refractivity contribution in [2.75, 3.05) is 19.7 Å². The summed E-state index contributed by atoms with van der Waals surface area (Å²) in [5.74, 6) is 0.194. The molecule has 26 heavy (non-hydrogen) atoms. The van der Waals surface area contributed by atoms with Gasteiger partial charge in [-0.25, -0.2) is 9.97 Å². The Labute approximate surface area is 154 Å². The third kappa shape index (κ3) is 4.66. The van der Waals surface area contributed by atoms with Gasteiger partial charge in [0.05, 0.1) is 18.9 Å². The van der Waals surface area contributed by atoms with Crippen molar-refractivity contribution in [3.63, 3.8) is 0 Å². The van der Waals surface area contributed by atoms with Crippen molar-refractivity contribution in [1.82, 2.24) is 24.6 Å². The number of aryl methyl sites for hydroxylation is 4. The minimum Gasteiger partial charge on any atom is -0.375 e. The Morgan fingerprint density at radius 3 is 2.88 bits per heavy atom. The van der Waals surface area contributed by atoms with Gasteiger partial charge in [-0.3, -0.25) is 9.48 Å². The van der Waals surface area contributed by atoms with Crippen LogP contribution >= 0.6 is 0 Å². The monoisotopic (exact) mass is 357 g/mol. The molecule has 0 bridgehead atoms. The van der Waals surface area contributed by atoms with E-state index < -0.39 is 0 Å². The second-order valence-corrected chi connectivity index (χ2v) is 6.90. The summed E-state index contributed by atoms with van der Waals surface area (Å²) in [6.07, 6.45) is 6.48. The molecule has 0 spiro atoms. The van der Waals surface area contributed by atoms with Crippen molar-refractivity contribution in [3.8, 4) is 0 Å². The van der Waals surface area contributed by atoms with Crippen LogP contribution in [0.5, 0.6) is 0 Å². The van der Waals surface area contributed by atoms with Gasteiger partial charge in [0.25, 0.3) is 0 Å². The third-order valence-electron chi connectivity index (χ3n) is 5.02. The van der Waals surface area contributed by atoms with Crippen molar-refractivity contribution < 1.29 is 9.53 Å². The molecule has 0 saturated carbocycles. The normalized spacial score (nSPS) is 17.5. The zero-order chi connectivity index (χ0) is 18.5. The Hall–Kier alpha value is -2.28. The molecule has 7 nitrogen and oxygen atoms in total. The number of aromatic nitrogens is 4. The fourth-order valence-electron chi connectivity index (χ4n) is 3.27. The average Bonchev–Trinajstić information content (AvgIpc) is 2.97. The highest BCUT2D eigenvalue weighted by molar-refractivity contribution is 5.76. The lowest BCUT2D eigenvalue weighted by molar-refractivity contribution is -0.138. The second kappa shape index (κ2) is 8.40. The Morgan fingerprint density at radius 1 is 1.31 bits per heavy atom. The zero-order valence-electron chi connectivity index (χ0n) is 15.8. The first-order valence-electron chi connectivity index (χ1n) is 9.17. The molecule has 1 amide bonds. The zero-order valence-corrected chi connectivity index (χ0v) is 15.8. The molecule has 0 unspecified atom stereocenters. The lowest BCUT2D eigenvalue weighted by atomic mass is 10.1. The molecule has 1 atom stereocenters. The Morgan fingerprint density at radius 2 is 2.15 bits per heavy atom. The van der Waals surface area contributed by atoms with Gasteiger partial charge in [-0.2, -0.15) is 5.10 Å². The lowest BCUT2D eigenvalue weighted by Crippen LogP contribution is -2.45. The molecule has 3 heterocycles. The molecule has 0 N–H and O–H groups in total. The summed E-state index contributed by atoms with van der Waals surface area (Å²) in [7, 11) is 1.92. The summed E-state index contributed by atoms with van der Waals surface area (Å²) in [6, 6.07) is 2.00. The van der Waals surface area contributed by atoms with E-state index in [0.717, 1.165) is 41.9 Å². The van der Waals surface area contributed by atoms with Gasteiger partial charge >= 0.3 is 0 Å². The average molecular weight is 357 g/mol. The van der Waals surface area contributed by atoms with Crippen molar-refractivity contribution in [2.45, 2.75) is 45.6 Å². The van der Waals surface area contributed by atoms with Crippen LogP contribution in [-0.2, 0) is 29.4 Å². The SMILES string of the molecule is Cc1cc(CC[C@@H]2CN(C(=O)CCc3cnn(C)c3C)CCO2)ncn1. The molecule has 0 aromatic carbocycles. The standard InChI is InChI=1S/C19H27N5O2/c1-14-10-17(21-13-20-14)5-6-18-12-24(8-9-26-18)19(25)7-4-16-11-22-23(3)15(16)2/h10-11,13,18H,4-9,12H2,1-3H3/t18-/m1/s1. The van der Waals surface area contributed by atoms with Crippen LogP contribution in [-0.4, -0.2) is 56.4 Å². The molecule has 140 valence electrons. The molecule has 0 aliphatic carbocycles. The molecule has 2 aromatic rings. The highest BCUT2D eigenvalue weighted by Crippen LogP contribution is 2.15. The molecule has 1 aliphatic heterocycles. The van der Waals surface area contributed by atoms with Crippen LogP contribution in [0.1, 0.15) is 35.5 Å². The number of hydrogen-bond donors (Lipinski definition) is 0. The van der Waals surface area contributed by atoms with Gasteiger partial charge in [-0.15, -0.1) is 0 Å². The van der Waals surface area contributed by atoms with Crippen molar-refractivity contribution in [3.05, 3.63) is 41.2 Å². The van der Waals surface area contributed by atoms with Crippen LogP contribution in [0.2, 0.25) is 0 Å². The first-order valence-corrected chi connectivity index (χ1v) is 9.17. The number of carbonyl (C=O) groups is 1. The maximum atomic E-state index is 12.6. The maximum Gasteiger partial charge on any atom is 0.223 e. The molecular formula is C19H27N5O2. The van der Waals surface area contributed by atoms with Crippen molar-refractivity contribution >= 4 is 5.91 Å². The molecule has 3 rings (SSSR count). The number of carbonyl (C=O) groups excluding carboxylic acids is 1. The van der Waals surface area contributed by atoms with Crippen LogP contribution in [0.25, 0.3) is 0 Å². The Kier molecular flexibility index (Phi) is 5.98. The van der Waals surface area contributed by atoms with E-state index >= 15 is 0 Å². The quantitative estimate of drug-likeness (QED) is 0.785. The third-order valence-corrected chi connectivity index (χ3v) is 5.02. The Bertz CT molecular complexity index is 758. The second-order valence-electron chi connectivity index (χ2n) is 6.90. The summed E-state index contributed by atoms with van der Waals surface area (Å²) in [6.45, 7) is 5.94. The van der Waals surface area contributed by atoms with E-state index in [1.807, 2.05) is 42.7 Å². The molecular weight excluding hydrogens is 330 g/mol. The van der Waals surface area contributed by atoms with Gasteiger partial charge in [0.2, 0.25) is 5.91 Å². The van der Waals surface area contributed by atoms with E-state index in [0.29, 0.717) is 26.1 Å². The molecule has 0 radical (unpaired) electrons. The highest BCUT2D eigenvalue weighted by atomic mass is 16.5. The predicted molar refractivity (Wildman–Crippen MR) is 97.7 cm³/mol. The topological polar surface area (TPSA) is 73.1 Å². The van der Waals surface area contributed by atoms with E-state index in [1.165, 1.54) is 0 Å². The van der Waals surface area contributed by atoms with Gasteiger partial charge in [0.1, 0.15) is 6.33 Å². The molecule has 1 fully saturated rings. The first-order chi connectivity index (χ1) is 12.5. The van der Waals surface area contributed by atoms with Gasteiger partial charge in [0, 0.05) is 43.6 Å². The number of hydrogen-bond acceptors (Lipinski definition) is 5. The number of ether oxygens (including phenoxy) is 1. The molecule has 1 aliphatic rings. The van der Waals surface area contributed by atoms with Gasteiger partial charge < -0.3 is 9.64 Å². The van der Waals surface area contributed by atoms with Crippen LogP contribution in [0, 0.1) is 13.8 Å². The van der Waals surface area contributed by atoms with Gasteiger partial charge in [-0.05, 0) is 44.7 Å². The highest BCUT2D eigenvalue weighted by Gasteiger charge is 2.24. The van der Waals surface area contributed by atoms with Crippen molar-refractivity contribution in [2.24, 2.45) is 7.05 Å². The summed E-state index contributed by atoms with van der Waals surface area (Å²) in [4.78, 5) is 22.9. The predicted octanol–water partition coefficient (Wildman–Crippen LogP) is 1.62.